The molecule has 0 fully saturated rings. The minimum Gasteiger partial charge on any atom is -0.322 e. The smallest absolute Gasteiger partial charge is 0.257 e. The highest BCUT2D eigenvalue weighted by atomic mass is 35.5. The van der Waals surface area contributed by atoms with E-state index in [9.17, 15) is 14.0 Å². The predicted octanol–water partition coefficient (Wildman–Crippen LogP) is 5.98. The van der Waals surface area contributed by atoms with Crippen LogP contribution in [0.15, 0.2) is 66.7 Å². The summed E-state index contributed by atoms with van der Waals surface area (Å²) in [7, 11) is 0. The van der Waals surface area contributed by atoms with Crippen molar-refractivity contribution in [3.63, 3.8) is 0 Å². The van der Waals surface area contributed by atoms with E-state index in [1.807, 2.05) is 37.3 Å². The second kappa shape index (κ2) is 9.74. The van der Waals surface area contributed by atoms with Gasteiger partial charge in [-0.2, -0.15) is 0 Å². The van der Waals surface area contributed by atoms with Gasteiger partial charge in [-0.05, 0) is 48.9 Å². The topological polar surface area (TPSA) is 49.4 Å². The van der Waals surface area contributed by atoms with E-state index in [1.54, 1.807) is 29.2 Å². The van der Waals surface area contributed by atoms with E-state index in [0.29, 0.717) is 12.2 Å². The fraction of sp³-hybridized carbons (Fsp3) is 0.130. The van der Waals surface area contributed by atoms with Crippen molar-refractivity contribution in [3.8, 4) is 0 Å². The lowest BCUT2D eigenvalue weighted by molar-refractivity contribution is -0.117. The molecule has 3 rings (SSSR count). The summed E-state index contributed by atoms with van der Waals surface area (Å²) in [5, 5.41) is 2.56. The average molecular weight is 445 g/mol. The molecule has 0 bridgehead atoms. The van der Waals surface area contributed by atoms with Crippen LogP contribution in [-0.4, -0.2) is 18.4 Å². The maximum atomic E-state index is 13.6. The van der Waals surface area contributed by atoms with Crippen molar-refractivity contribution in [2.75, 3.05) is 16.8 Å². The Morgan fingerprint density at radius 2 is 1.63 bits per heavy atom. The van der Waals surface area contributed by atoms with Crippen molar-refractivity contribution in [2.45, 2.75) is 13.3 Å². The van der Waals surface area contributed by atoms with Crippen molar-refractivity contribution in [1.82, 2.24) is 0 Å². The Morgan fingerprint density at radius 1 is 0.967 bits per heavy atom. The minimum atomic E-state index is -0.723. The van der Waals surface area contributed by atoms with E-state index in [4.69, 9.17) is 23.2 Å². The molecule has 0 atom stereocenters. The average Bonchev–Trinajstić information content (AvgIpc) is 2.73. The zero-order valence-corrected chi connectivity index (χ0v) is 17.7. The Balaban J connectivity index is 1.67. The molecule has 7 heteroatoms. The second-order valence-corrected chi connectivity index (χ2v) is 7.36. The number of anilines is 2. The maximum Gasteiger partial charge on any atom is 0.257 e. The molecule has 0 aromatic heterocycles. The van der Waals surface area contributed by atoms with Crippen LogP contribution in [0.5, 0.6) is 0 Å². The van der Waals surface area contributed by atoms with Crippen LogP contribution in [0.25, 0.3) is 0 Å². The van der Waals surface area contributed by atoms with Crippen molar-refractivity contribution in [1.29, 1.82) is 0 Å². The van der Waals surface area contributed by atoms with Gasteiger partial charge in [-0.1, -0.05) is 53.5 Å². The number of nitrogens with zero attached hydrogens (tertiary/aromatic N) is 1. The summed E-state index contributed by atoms with van der Waals surface area (Å²) in [4.78, 5) is 26.8. The summed E-state index contributed by atoms with van der Waals surface area (Å²) in [6, 6.07) is 18.5. The van der Waals surface area contributed by atoms with Crippen LogP contribution >= 0.6 is 23.2 Å². The van der Waals surface area contributed by atoms with E-state index < -0.39 is 11.7 Å². The van der Waals surface area contributed by atoms with Gasteiger partial charge in [0.25, 0.3) is 5.91 Å². The van der Waals surface area contributed by atoms with Crippen LogP contribution in [0.2, 0.25) is 10.0 Å². The third kappa shape index (κ3) is 5.17. The van der Waals surface area contributed by atoms with E-state index in [2.05, 4.69) is 5.32 Å². The first kappa shape index (κ1) is 21.8. The summed E-state index contributed by atoms with van der Waals surface area (Å²) >= 11 is 11.6. The molecule has 0 saturated heterocycles. The Hall–Kier alpha value is -2.89. The zero-order valence-electron chi connectivity index (χ0n) is 16.2. The van der Waals surface area contributed by atoms with Crippen LogP contribution in [0.3, 0.4) is 0 Å². The van der Waals surface area contributed by atoms with E-state index >= 15 is 0 Å². The second-order valence-electron chi connectivity index (χ2n) is 6.55. The fourth-order valence-corrected chi connectivity index (χ4v) is 3.45. The summed E-state index contributed by atoms with van der Waals surface area (Å²) in [5.74, 6) is -1.30. The molecule has 154 valence electrons. The Labute approximate surface area is 184 Å². The van der Waals surface area contributed by atoms with Gasteiger partial charge >= 0.3 is 0 Å². The first-order chi connectivity index (χ1) is 14.4. The Bertz CT molecular complexity index is 1060. The lowest BCUT2D eigenvalue weighted by atomic mass is 10.1. The summed E-state index contributed by atoms with van der Waals surface area (Å²) in [6.07, 6.45) is 0.227. The highest BCUT2D eigenvalue weighted by molar-refractivity contribution is 6.37. The number of halogens is 3. The molecule has 30 heavy (non-hydrogen) atoms. The molecule has 4 nitrogen and oxygen atoms in total. The largest absolute Gasteiger partial charge is 0.322 e. The minimum absolute atomic E-state index is 0.0146. The highest BCUT2D eigenvalue weighted by Crippen LogP contribution is 2.25. The molecule has 1 N–H and O–H groups in total. The predicted molar refractivity (Wildman–Crippen MR) is 119 cm³/mol. The molecular weight excluding hydrogens is 426 g/mol. The van der Waals surface area contributed by atoms with Gasteiger partial charge in [0, 0.05) is 17.9 Å². The van der Waals surface area contributed by atoms with Crippen LogP contribution in [0, 0.1) is 5.82 Å². The molecule has 0 aliphatic carbocycles. The number of hydrogen-bond donors (Lipinski definition) is 1. The van der Waals surface area contributed by atoms with Crippen molar-refractivity contribution < 1.29 is 14.0 Å². The van der Waals surface area contributed by atoms with Crippen molar-refractivity contribution in [2.24, 2.45) is 0 Å². The number of benzene rings is 3. The fourth-order valence-electron chi connectivity index (χ4n) is 2.98. The Kier molecular flexibility index (Phi) is 7.08. The Morgan fingerprint density at radius 3 is 2.27 bits per heavy atom. The third-order valence-electron chi connectivity index (χ3n) is 4.51. The molecule has 3 aromatic carbocycles. The third-order valence-corrected chi connectivity index (χ3v) is 5.11. The molecular formula is C23H19Cl2FN2O2. The van der Waals surface area contributed by atoms with Gasteiger partial charge in [0.1, 0.15) is 5.82 Å². The van der Waals surface area contributed by atoms with Crippen LogP contribution in [0.1, 0.15) is 22.8 Å². The van der Waals surface area contributed by atoms with Crippen molar-refractivity contribution >= 4 is 46.4 Å². The molecule has 0 aliphatic rings. The summed E-state index contributed by atoms with van der Waals surface area (Å²) in [6.45, 7) is 2.49. The number of rotatable bonds is 6. The van der Waals surface area contributed by atoms with Crippen LogP contribution < -0.4 is 10.2 Å². The van der Waals surface area contributed by atoms with Gasteiger partial charge in [-0.3, -0.25) is 9.59 Å². The number of hydrogen-bond acceptors (Lipinski definition) is 2. The number of nitrogens with one attached hydrogen (secondary N) is 1. The van der Waals surface area contributed by atoms with Gasteiger partial charge < -0.3 is 10.2 Å². The first-order valence-electron chi connectivity index (χ1n) is 9.29. The van der Waals surface area contributed by atoms with E-state index in [1.165, 1.54) is 6.07 Å². The number of carbonyl (C=O) groups is 2. The normalized spacial score (nSPS) is 10.5. The monoisotopic (exact) mass is 444 g/mol. The number of likely N-dealkylation sites (N-methyl/N-ethyl adjacent to an activating group) is 1. The van der Waals surface area contributed by atoms with Gasteiger partial charge in [0.15, 0.2) is 0 Å². The molecule has 0 heterocycles. The molecule has 0 unspecified atom stereocenters. The van der Waals surface area contributed by atoms with Crippen molar-refractivity contribution in [3.05, 3.63) is 93.7 Å². The van der Waals surface area contributed by atoms with Gasteiger partial charge in [0.2, 0.25) is 5.91 Å². The highest BCUT2D eigenvalue weighted by Gasteiger charge is 2.16. The number of carbonyl (C=O) groups excluding carboxylic acids is 2. The number of amides is 2. The van der Waals surface area contributed by atoms with Gasteiger partial charge in [-0.15, -0.1) is 0 Å². The number of para-hydroxylation sites is 1. The molecule has 2 amide bonds. The summed E-state index contributed by atoms with van der Waals surface area (Å²) < 4.78 is 13.6. The summed E-state index contributed by atoms with van der Waals surface area (Å²) in [5.41, 5.74) is 2.14. The molecule has 3 aromatic rings. The maximum absolute atomic E-state index is 13.6. The van der Waals surface area contributed by atoms with Crippen LogP contribution in [0.4, 0.5) is 15.8 Å². The van der Waals surface area contributed by atoms with Gasteiger partial charge in [-0.25, -0.2) is 4.39 Å². The quantitative estimate of drug-likeness (QED) is 0.475. The SMILES string of the molecule is CCN(C(=O)Cc1ccc(NC(=O)c2cc(F)c(Cl)cc2Cl)cc1)c1ccccc1. The molecule has 0 saturated carbocycles. The molecule has 0 spiro atoms. The molecule has 0 radical (unpaired) electrons. The zero-order chi connectivity index (χ0) is 21.7. The molecule has 0 aliphatic heterocycles. The lowest BCUT2D eigenvalue weighted by Gasteiger charge is -2.21. The van der Waals surface area contributed by atoms with Crippen LogP contribution in [-0.2, 0) is 11.2 Å². The lowest BCUT2D eigenvalue weighted by Crippen LogP contribution is -2.31. The van der Waals surface area contributed by atoms with E-state index in [-0.39, 0.29) is 27.9 Å². The first-order valence-corrected chi connectivity index (χ1v) is 10.0. The van der Waals surface area contributed by atoms with E-state index in [0.717, 1.165) is 17.3 Å². The van der Waals surface area contributed by atoms with Gasteiger partial charge in [0.05, 0.1) is 22.0 Å². The standard InChI is InChI=1S/C23H19Cl2FN2O2/c1-2-28(17-6-4-3-5-7-17)22(29)12-15-8-10-16(11-9-15)27-23(30)18-13-21(26)20(25)14-19(18)24/h3-11,13-14H,2,12H2,1H3,(H,27,30).